The molecule has 33 heavy (non-hydrogen) atoms. The normalized spacial score (nSPS) is 10.8. The summed E-state index contributed by atoms with van der Waals surface area (Å²) in [5, 5.41) is 14.6. The molecule has 0 radical (unpaired) electrons. The second kappa shape index (κ2) is 9.47. The lowest BCUT2D eigenvalue weighted by molar-refractivity contribution is -0.118. The van der Waals surface area contributed by atoms with Gasteiger partial charge in [-0.25, -0.2) is 9.97 Å². The molecule has 2 N–H and O–H groups in total. The van der Waals surface area contributed by atoms with Crippen molar-refractivity contribution in [2.24, 2.45) is 14.1 Å². The van der Waals surface area contributed by atoms with Crippen molar-refractivity contribution in [2.75, 3.05) is 11.9 Å². The van der Waals surface area contributed by atoms with E-state index in [1.807, 2.05) is 50.9 Å². The van der Waals surface area contributed by atoms with E-state index in [-0.39, 0.29) is 5.91 Å². The molecular weight excluding hydrogens is 416 g/mol. The molecule has 9 heteroatoms. The fourth-order valence-corrected chi connectivity index (χ4v) is 3.48. The molecule has 1 aromatic carbocycles. The molecule has 0 fully saturated rings. The lowest BCUT2D eigenvalue weighted by Gasteiger charge is -2.13. The molecule has 3 heterocycles. The Bertz CT molecular complexity index is 1300. The summed E-state index contributed by atoms with van der Waals surface area (Å²) >= 11 is 0. The van der Waals surface area contributed by atoms with Crippen LogP contribution in [-0.4, -0.2) is 42.0 Å². The van der Waals surface area contributed by atoms with E-state index in [4.69, 9.17) is 4.98 Å². The Morgan fingerprint density at radius 3 is 2.36 bits per heavy atom. The van der Waals surface area contributed by atoms with Crippen LogP contribution in [0.25, 0.3) is 33.6 Å². The molecule has 0 saturated heterocycles. The third-order valence-electron chi connectivity index (χ3n) is 5.04. The van der Waals surface area contributed by atoms with Crippen LogP contribution in [0.2, 0.25) is 0 Å². The van der Waals surface area contributed by atoms with Crippen molar-refractivity contribution >= 4 is 11.7 Å². The Morgan fingerprint density at radius 2 is 1.70 bits per heavy atom. The highest BCUT2D eigenvalue weighted by Crippen LogP contribution is 2.29. The SMILES string of the molecule is C=C(CCNc1nc(-c2cccc(-c3cnn(C)c3)c2)ncc1-c1cnn(C)c1)NC(C)=O. The highest BCUT2D eigenvalue weighted by molar-refractivity contribution is 5.77. The minimum Gasteiger partial charge on any atom is -0.369 e. The minimum atomic E-state index is -0.131. The summed E-state index contributed by atoms with van der Waals surface area (Å²) in [5.74, 6) is 1.17. The Balaban J connectivity index is 1.64. The van der Waals surface area contributed by atoms with Crippen LogP contribution < -0.4 is 10.6 Å². The van der Waals surface area contributed by atoms with Crippen LogP contribution >= 0.6 is 0 Å². The minimum absolute atomic E-state index is 0.131. The number of nitrogens with zero attached hydrogens (tertiary/aromatic N) is 6. The van der Waals surface area contributed by atoms with E-state index >= 15 is 0 Å². The van der Waals surface area contributed by atoms with Gasteiger partial charge >= 0.3 is 0 Å². The maximum absolute atomic E-state index is 11.2. The number of rotatable bonds is 8. The first-order valence-electron chi connectivity index (χ1n) is 10.5. The highest BCUT2D eigenvalue weighted by Gasteiger charge is 2.13. The second-order valence-electron chi connectivity index (χ2n) is 7.80. The number of hydrogen-bond donors (Lipinski definition) is 2. The van der Waals surface area contributed by atoms with Gasteiger partial charge in [0.1, 0.15) is 5.82 Å². The molecule has 4 aromatic rings. The quantitative estimate of drug-likeness (QED) is 0.434. The van der Waals surface area contributed by atoms with Gasteiger partial charge in [0.2, 0.25) is 5.91 Å². The standard InChI is InChI=1S/C24H26N8O/c1-16(29-17(2)33)8-9-25-24-22(21-12-28-32(4)15-21)13-26-23(30-24)19-7-5-6-18(10-19)20-11-27-31(3)14-20/h5-7,10-15H,1,8-9H2,2-4H3,(H,29,33)(H,25,26,30). The summed E-state index contributed by atoms with van der Waals surface area (Å²) < 4.78 is 3.51. The van der Waals surface area contributed by atoms with Gasteiger partial charge in [-0.3, -0.25) is 14.2 Å². The summed E-state index contributed by atoms with van der Waals surface area (Å²) in [5.41, 5.74) is 5.38. The van der Waals surface area contributed by atoms with Crippen molar-refractivity contribution < 1.29 is 4.79 Å². The number of benzene rings is 1. The lowest BCUT2D eigenvalue weighted by atomic mass is 10.1. The first kappa shape index (κ1) is 21.9. The number of hydrogen-bond acceptors (Lipinski definition) is 6. The van der Waals surface area contributed by atoms with E-state index in [2.05, 4.69) is 38.5 Å². The van der Waals surface area contributed by atoms with Crippen molar-refractivity contribution in [3.63, 3.8) is 0 Å². The summed E-state index contributed by atoms with van der Waals surface area (Å²) in [7, 11) is 3.76. The van der Waals surface area contributed by atoms with Crippen LogP contribution in [0.1, 0.15) is 13.3 Å². The number of carbonyl (C=O) groups excluding carboxylic acids is 1. The van der Waals surface area contributed by atoms with Gasteiger partial charge in [-0.2, -0.15) is 10.2 Å². The average molecular weight is 443 g/mol. The van der Waals surface area contributed by atoms with Crippen LogP contribution in [0.3, 0.4) is 0 Å². The number of aromatic nitrogens is 6. The number of amides is 1. The molecule has 1 amide bonds. The number of carbonyl (C=O) groups is 1. The van der Waals surface area contributed by atoms with E-state index < -0.39 is 0 Å². The monoisotopic (exact) mass is 442 g/mol. The van der Waals surface area contributed by atoms with Crippen molar-refractivity contribution in [3.05, 3.63) is 67.5 Å². The van der Waals surface area contributed by atoms with Gasteiger partial charge in [0.25, 0.3) is 0 Å². The first-order valence-corrected chi connectivity index (χ1v) is 10.5. The molecule has 4 rings (SSSR count). The smallest absolute Gasteiger partial charge is 0.220 e. The molecular formula is C24H26N8O. The van der Waals surface area contributed by atoms with Crippen LogP contribution in [0.5, 0.6) is 0 Å². The van der Waals surface area contributed by atoms with E-state index in [9.17, 15) is 4.79 Å². The van der Waals surface area contributed by atoms with Gasteiger partial charge in [0.15, 0.2) is 5.82 Å². The Morgan fingerprint density at radius 1 is 1.00 bits per heavy atom. The topological polar surface area (TPSA) is 103 Å². The number of nitrogens with one attached hydrogen (secondary N) is 2. The molecule has 0 spiro atoms. The summed E-state index contributed by atoms with van der Waals surface area (Å²) in [6.45, 7) is 5.91. The predicted molar refractivity (Wildman–Crippen MR) is 128 cm³/mol. The molecule has 0 atom stereocenters. The zero-order valence-electron chi connectivity index (χ0n) is 18.9. The molecule has 0 bridgehead atoms. The van der Waals surface area contributed by atoms with Gasteiger partial charge in [-0.1, -0.05) is 24.8 Å². The molecule has 0 aliphatic rings. The van der Waals surface area contributed by atoms with Crippen molar-refractivity contribution in [1.29, 1.82) is 0 Å². The predicted octanol–water partition coefficient (Wildman–Crippen LogP) is 3.40. The Hall–Kier alpha value is -4.27. The number of aryl methyl sites for hydroxylation is 2. The first-order chi connectivity index (χ1) is 15.9. The van der Waals surface area contributed by atoms with E-state index in [0.717, 1.165) is 27.8 Å². The maximum atomic E-state index is 11.2. The third kappa shape index (κ3) is 5.32. The van der Waals surface area contributed by atoms with Crippen LogP contribution in [-0.2, 0) is 18.9 Å². The number of anilines is 1. The van der Waals surface area contributed by atoms with Crippen molar-refractivity contribution in [2.45, 2.75) is 13.3 Å². The van der Waals surface area contributed by atoms with E-state index in [1.54, 1.807) is 21.8 Å². The van der Waals surface area contributed by atoms with Gasteiger partial charge in [0, 0.05) is 80.5 Å². The molecule has 0 saturated carbocycles. The molecule has 9 nitrogen and oxygen atoms in total. The van der Waals surface area contributed by atoms with Crippen molar-refractivity contribution in [3.8, 4) is 33.6 Å². The molecule has 0 aliphatic carbocycles. The van der Waals surface area contributed by atoms with E-state index in [1.165, 1.54) is 6.92 Å². The highest BCUT2D eigenvalue weighted by atomic mass is 16.1. The third-order valence-corrected chi connectivity index (χ3v) is 5.04. The fourth-order valence-electron chi connectivity index (χ4n) is 3.48. The van der Waals surface area contributed by atoms with Gasteiger partial charge in [-0.15, -0.1) is 0 Å². The Labute approximate surface area is 192 Å². The van der Waals surface area contributed by atoms with E-state index in [0.29, 0.717) is 30.3 Å². The zero-order valence-corrected chi connectivity index (χ0v) is 18.9. The summed E-state index contributed by atoms with van der Waals surface area (Å²) in [6, 6.07) is 8.07. The summed E-state index contributed by atoms with van der Waals surface area (Å²) in [6.07, 6.45) is 9.88. The Kier molecular flexibility index (Phi) is 6.30. The van der Waals surface area contributed by atoms with Gasteiger partial charge in [-0.05, 0) is 11.6 Å². The lowest BCUT2D eigenvalue weighted by Crippen LogP contribution is -2.20. The maximum Gasteiger partial charge on any atom is 0.220 e. The fraction of sp³-hybridized carbons (Fsp3) is 0.208. The zero-order chi connectivity index (χ0) is 23.4. The molecule has 0 aliphatic heterocycles. The van der Waals surface area contributed by atoms with Gasteiger partial charge in [0.05, 0.1) is 12.4 Å². The van der Waals surface area contributed by atoms with Crippen LogP contribution in [0.15, 0.2) is 67.5 Å². The molecule has 168 valence electrons. The van der Waals surface area contributed by atoms with Crippen LogP contribution in [0, 0.1) is 0 Å². The van der Waals surface area contributed by atoms with Crippen molar-refractivity contribution in [1.82, 2.24) is 34.8 Å². The molecule has 0 unspecified atom stereocenters. The average Bonchev–Trinajstić information content (AvgIpc) is 3.41. The second-order valence-corrected chi connectivity index (χ2v) is 7.80. The molecule has 3 aromatic heterocycles. The largest absolute Gasteiger partial charge is 0.369 e. The van der Waals surface area contributed by atoms with Crippen LogP contribution in [0.4, 0.5) is 5.82 Å². The summed E-state index contributed by atoms with van der Waals surface area (Å²) in [4.78, 5) is 20.7. The van der Waals surface area contributed by atoms with Gasteiger partial charge < -0.3 is 10.6 Å².